The Balaban J connectivity index is 1.15. The van der Waals surface area contributed by atoms with Gasteiger partial charge in [0.2, 0.25) is 0 Å². The van der Waals surface area contributed by atoms with Crippen molar-refractivity contribution < 1.29 is 9.53 Å². The van der Waals surface area contributed by atoms with Crippen molar-refractivity contribution in [3.63, 3.8) is 0 Å². The number of ether oxygens (including phenoxy) is 1. The van der Waals surface area contributed by atoms with Crippen LogP contribution in [0.5, 0.6) is 0 Å². The first-order chi connectivity index (χ1) is 19.5. The molecule has 1 atom stereocenters. The van der Waals surface area contributed by atoms with Gasteiger partial charge in [-0.05, 0) is 79.3 Å². The van der Waals surface area contributed by atoms with Gasteiger partial charge >= 0.3 is 0 Å². The van der Waals surface area contributed by atoms with Crippen molar-refractivity contribution in [2.24, 2.45) is 0 Å². The highest BCUT2D eigenvalue weighted by Gasteiger charge is 2.21. The van der Waals surface area contributed by atoms with Crippen molar-refractivity contribution in [2.45, 2.75) is 38.5 Å². The van der Waals surface area contributed by atoms with E-state index in [2.05, 4.69) is 10.3 Å². The smallest absolute Gasteiger partial charge is 0.255 e. The van der Waals surface area contributed by atoms with E-state index in [0.717, 1.165) is 52.7 Å². The second-order valence-electron chi connectivity index (χ2n) is 9.89. The average molecular weight is 554 g/mol. The van der Waals surface area contributed by atoms with Crippen LogP contribution in [0.15, 0.2) is 90.1 Å². The molecule has 1 aliphatic rings. The molecule has 2 aromatic carbocycles. The maximum absolute atomic E-state index is 13.1. The predicted molar refractivity (Wildman–Crippen MR) is 154 cm³/mol. The van der Waals surface area contributed by atoms with Gasteiger partial charge in [-0.15, -0.1) is 0 Å². The van der Waals surface area contributed by atoms with E-state index in [4.69, 9.17) is 21.4 Å². The number of hydrogen-bond donors (Lipinski definition) is 1. The molecule has 0 spiro atoms. The molecule has 0 saturated carbocycles. The lowest BCUT2D eigenvalue weighted by Gasteiger charge is -2.23. The molecule has 1 fully saturated rings. The highest BCUT2D eigenvalue weighted by molar-refractivity contribution is 6.31. The van der Waals surface area contributed by atoms with Crippen molar-refractivity contribution in [3.8, 4) is 5.69 Å². The lowest BCUT2D eigenvalue weighted by Crippen LogP contribution is -2.24. The summed E-state index contributed by atoms with van der Waals surface area (Å²) in [7, 11) is 0. The molecule has 1 unspecified atom stereocenters. The largest absolute Gasteiger partial charge is 0.356 e. The average Bonchev–Trinajstić information content (AvgIpc) is 3.35. The fraction of sp³-hybridized carbons (Fsp3) is 0.226. The van der Waals surface area contributed by atoms with Gasteiger partial charge in [-0.1, -0.05) is 29.8 Å². The van der Waals surface area contributed by atoms with Crippen LogP contribution in [0.2, 0.25) is 5.02 Å². The highest BCUT2D eigenvalue weighted by atomic mass is 35.5. The molecule has 40 heavy (non-hydrogen) atoms. The number of nitrogens with zero attached hydrogens (tertiary/aromatic N) is 4. The van der Waals surface area contributed by atoms with Crippen LogP contribution in [0.3, 0.4) is 0 Å². The summed E-state index contributed by atoms with van der Waals surface area (Å²) in [6.07, 6.45) is 8.59. The van der Waals surface area contributed by atoms with E-state index in [1.54, 1.807) is 29.2 Å². The van der Waals surface area contributed by atoms with Gasteiger partial charge < -0.3 is 10.1 Å². The van der Waals surface area contributed by atoms with Crippen LogP contribution in [-0.2, 0) is 17.7 Å². The van der Waals surface area contributed by atoms with Crippen LogP contribution in [0.4, 0.5) is 0 Å². The van der Waals surface area contributed by atoms with E-state index >= 15 is 0 Å². The lowest BCUT2D eigenvalue weighted by atomic mass is 10.0. The van der Waals surface area contributed by atoms with Gasteiger partial charge in [-0.25, -0.2) is 4.68 Å². The Hall–Kier alpha value is -4.27. The van der Waals surface area contributed by atoms with Gasteiger partial charge in [-0.2, -0.15) is 5.10 Å². The first-order valence-electron chi connectivity index (χ1n) is 13.3. The number of carbonyl (C=O) groups excluding carboxylic acids is 1. The Morgan fingerprint density at radius 3 is 2.70 bits per heavy atom. The number of pyridine rings is 2. The van der Waals surface area contributed by atoms with Gasteiger partial charge in [-0.3, -0.25) is 19.1 Å². The summed E-state index contributed by atoms with van der Waals surface area (Å²) >= 11 is 6.30. The number of carbonyl (C=O) groups is 1. The molecule has 1 amide bonds. The molecule has 4 heterocycles. The molecule has 1 N–H and O–H groups in total. The van der Waals surface area contributed by atoms with Crippen LogP contribution < -0.4 is 10.9 Å². The number of rotatable bonds is 7. The molecule has 8 nitrogen and oxygen atoms in total. The van der Waals surface area contributed by atoms with Crippen LogP contribution in [-0.4, -0.2) is 31.8 Å². The molecule has 6 rings (SSSR count). The normalized spacial score (nSPS) is 15.3. The molecule has 1 saturated heterocycles. The summed E-state index contributed by atoms with van der Waals surface area (Å²) in [5.41, 5.74) is 4.82. The number of halogens is 1. The van der Waals surface area contributed by atoms with Crippen molar-refractivity contribution in [1.29, 1.82) is 0 Å². The number of amides is 1. The van der Waals surface area contributed by atoms with E-state index in [1.165, 1.54) is 6.07 Å². The number of nitrogens with one attached hydrogen (secondary N) is 1. The van der Waals surface area contributed by atoms with E-state index in [9.17, 15) is 9.59 Å². The zero-order valence-electron chi connectivity index (χ0n) is 21.8. The van der Waals surface area contributed by atoms with E-state index < -0.39 is 0 Å². The topological polar surface area (TPSA) is 91.0 Å². The van der Waals surface area contributed by atoms with Crippen molar-refractivity contribution in [2.75, 3.05) is 6.61 Å². The second kappa shape index (κ2) is 11.5. The van der Waals surface area contributed by atoms with Gasteiger partial charge in [0.05, 0.1) is 23.3 Å². The molecule has 1 aliphatic heterocycles. The molecule has 0 bridgehead atoms. The molecular weight excluding hydrogens is 526 g/mol. The van der Waals surface area contributed by atoms with Crippen LogP contribution in [0.25, 0.3) is 16.6 Å². The Morgan fingerprint density at radius 1 is 1.02 bits per heavy atom. The summed E-state index contributed by atoms with van der Waals surface area (Å²) in [5, 5.41) is 9.32. The van der Waals surface area contributed by atoms with Gasteiger partial charge in [0.15, 0.2) is 6.23 Å². The summed E-state index contributed by atoms with van der Waals surface area (Å²) in [4.78, 5) is 29.5. The third kappa shape index (κ3) is 5.54. The fourth-order valence-electron chi connectivity index (χ4n) is 5.07. The van der Waals surface area contributed by atoms with Crippen LogP contribution in [0, 0.1) is 0 Å². The first kappa shape index (κ1) is 26.0. The van der Waals surface area contributed by atoms with Crippen LogP contribution >= 0.6 is 11.6 Å². The SMILES string of the molecule is O=C(NCc1nn(C2CCCCO2)c2ccc(Cl)cc12)c1cncc(Cc2ccc(-n3ccccc3=O)cc2)c1. The summed E-state index contributed by atoms with van der Waals surface area (Å²) in [6, 6.07) is 20.4. The molecule has 202 valence electrons. The maximum atomic E-state index is 13.1. The summed E-state index contributed by atoms with van der Waals surface area (Å²) < 4.78 is 9.47. The van der Waals surface area contributed by atoms with E-state index in [-0.39, 0.29) is 24.2 Å². The van der Waals surface area contributed by atoms with Crippen molar-refractivity contribution in [3.05, 3.63) is 123 Å². The monoisotopic (exact) mass is 553 g/mol. The van der Waals surface area contributed by atoms with Crippen molar-refractivity contribution >= 4 is 28.4 Å². The minimum Gasteiger partial charge on any atom is -0.356 e. The molecule has 3 aromatic heterocycles. The molecule has 0 radical (unpaired) electrons. The minimum absolute atomic E-state index is 0.0802. The quantitative estimate of drug-likeness (QED) is 0.289. The Labute approximate surface area is 236 Å². The number of aromatic nitrogens is 4. The van der Waals surface area contributed by atoms with Gasteiger partial charge in [0, 0.05) is 47.4 Å². The van der Waals surface area contributed by atoms with Crippen molar-refractivity contribution in [1.82, 2.24) is 24.6 Å². The Kier molecular flexibility index (Phi) is 7.44. The Bertz CT molecular complexity index is 1720. The second-order valence-corrected chi connectivity index (χ2v) is 10.3. The summed E-state index contributed by atoms with van der Waals surface area (Å²) in [6.45, 7) is 0.964. The zero-order chi connectivity index (χ0) is 27.5. The molecular formula is C31H28ClN5O3. The third-order valence-electron chi connectivity index (χ3n) is 7.09. The van der Waals surface area contributed by atoms with Crippen LogP contribution in [0.1, 0.15) is 52.7 Å². The molecule has 0 aliphatic carbocycles. The fourth-order valence-corrected chi connectivity index (χ4v) is 5.24. The lowest BCUT2D eigenvalue weighted by molar-refractivity contribution is -0.0369. The number of hydrogen-bond acceptors (Lipinski definition) is 5. The molecule has 9 heteroatoms. The highest BCUT2D eigenvalue weighted by Crippen LogP contribution is 2.29. The Morgan fingerprint density at radius 2 is 1.90 bits per heavy atom. The number of fused-ring (bicyclic) bond motifs is 1. The predicted octanol–water partition coefficient (Wildman–Crippen LogP) is 5.46. The molecule has 5 aromatic rings. The van der Waals surface area contributed by atoms with Gasteiger partial charge in [0.25, 0.3) is 11.5 Å². The number of benzene rings is 2. The first-order valence-corrected chi connectivity index (χ1v) is 13.7. The van der Waals surface area contributed by atoms with E-state index in [0.29, 0.717) is 23.6 Å². The third-order valence-corrected chi connectivity index (χ3v) is 7.33. The minimum atomic E-state index is -0.230. The van der Waals surface area contributed by atoms with Gasteiger partial charge in [0.1, 0.15) is 0 Å². The standard InChI is InChI=1S/C31H28ClN5O3/c32-24-9-12-28-26(17-24)27(35-37(28)30-6-2-4-14-40-30)20-34-31(39)23-16-22(18-33-19-23)15-21-7-10-25(11-8-21)36-13-3-1-5-29(36)38/h1,3,5,7-13,16-19,30H,2,4,6,14-15,20H2,(H,34,39). The zero-order valence-corrected chi connectivity index (χ0v) is 22.6. The van der Waals surface area contributed by atoms with E-state index in [1.807, 2.05) is 59.3 Å². The summed E-state index contributed by atoms with van der Waals surface area (Å²) in [5.74, 6) is -0.230. The maximum Gasteiger partial charge on any atom is 0.255 e.